The van der Waals surface area contributed by atoms with Crippen LogP contribution in [0.25, 0.3) is 0 Å². The van der Waals surface area contributed by atoms with Crippen molar-refractivity contribution in [2.45, 2.75) is 0 Å². The van der Waals surface area contributed by atoms with Gasteiger partial charge in [-0.25, -0.2) is 4.79 Å². The smallest absolute Gasteiger partial charge is 0.335 e. The highest BCUT2D eigenvalue weighted by atomic mass is 35.5. The highest BCUT2D eigenvalue weighted by molar-refractivity contribution is 6.32. The van der Waals surface area contributed by atoms with Crippen LogP contribution in [0, 0.1) is 10.1 Å². The average Bonchev–Trinajstić information content (AvgIpc) is 2.38. The van der Waals surface area contributed by atoms with Gasteiger partial charge in [-0.15, -0.1) is 0 Å². The molecule has 0 bridgehead atoms. The Balaban J connectivity index is 2.40. The van der Waals surface area contributed by atoms with Crippen molar-refractivity contribution in [1.29, 1.82) is 0 Å². The molecule has 0 heterocycles. The molecule has 0 aliphatic carbocycles. The van der Waals surface area contributed by atoms with Crippen LogP contribution in [0.3, 0.4) is 0 Å². The fraction of sp³-hybridized carbons (Fsp3) is 0. The number of nitro groups is 1. The van der Waals surface area contributed by atoms with E-state index < -0.39 is 10.9 Å². The molecule has 0 radical (unpaired) electrons. The lowest BCUT2D eigenvalue weighted by Gasteiger charge is -2.07. The lowest BCUT2D eigenvalue weighted by molar-refractivity contribution is -0.385. The monoisotopic (exact) mass is 293 g/mol. The van der Waals surface area contributed by atoms with Crippen LogP contribution in [0.5, 0.6) is 11.5 Å². The third-order valence-corrected chi connectivity index (χ3v) is 2.75. The van der Waals surface area contributed by atoms with Gasteiger partial charge in [0.15, 0.2) is 0 Å². The maximum atomic E-state index is 11.0. The number of nitrogens with zero attached hydrogens (tertiary/aromatic N) is 1. The first-order valence-electron chi connectivity index (χ1n) is 5.43. The predicted octanol–water partition coefficient (Wildman–Crippen LogP) is 3.74. The lowest BCUT2D eigenvalue weighted by atomic mass is 10.2. The summed E-state index contributed by atoms with van der Waals surface area (Å²) >= 11 is 5.76. The second kappa shape index (κ2) is 5.58. The van der Waals surface area contributed by atoms with Crippen LogP contribution in [0.1, 0.15) is 10.4 Å². The number of halogens is 1. The zero-order valence-corrected chi connectivity index (χ0v) is 10.7. The van der Waals surface area contributed by atoms with Gasteiger partial charge in [0.2, 0.25) is 5.75 Å². The summed E-state index contributed by atoms with van der Waals surface area (Å²) in [5.74, 6) is -0.989. The second-order valence-corrected chi connectivity index (χ2v) is 4.19. The van der Waals surface area contributed by atoms with E-state index in [0.717, 1.165) is 0 Å². The SMILES string of the molecule is O=C(O)c1cccc(Oc2cccc(Cl)c2[N+](=O)[O-])c1. The number of carboxylic acid groups (broad SMARTS) is 1. The summed E-state index contributed by atoms with van der Waals surface area (Å²) < 4.78 is 5.35. The van der Waals surface area contributed by atoms with Crippen molar-refractivity contribution in [3.63, 3.8) is 0 Å². The fourth-order valence-electron chi connectivity index (χ4n) is 1.57. The number of hydrogen-bond acceptors (Lipinski definition) is 4. The molecule has 0 amide bonds. The van der Waals surface area contributed by atoms with Crippen molar-refractivity contribution in [3.8, 4) is 11.5 Å². The van der Waals surface area contributed by atoms with Gasteiger partial charge in [0.05, 0.1) is 10.5 Å². The third-order valence-electron chi connectivity index (χ3n) is 2.44. The molecule has 1 N–H and O–H groups in total. The predicted molar refractivity (Wildman–Crippen MR) is 71.6 cm³/mol. The zero-order chi connectivity index (χ0) is 14.7. The van der Waals surface area contributed by atoms with Gasteiger partial charge in [-0.2, -0.15) is 0 Å². The molecular formula is C13H8ClNO5. The van der Waals surface area contributed by atoms with E-state index in [9.17, 15) is 14.9 Å². The van der Waals surface area contributed by atoms with E-state index >= 15 is 0 Å². The summed E-state index contributed by atoms with van der Waals surface area (Å²) in [7, 11) is 0. The summed E-state index contributed by atoms with van der Waals surface area (Å²) in [6, 6.07) is 9.91. The molecule has 2 aromatic carbocycles. The Bertz CT molecular complexity index is 686. The van der Waals surface area contributed by atoms with Crippen molar-refractivity contribution in [3.05, 3.63) is 63.2 Å². The molecule has 0 aromatic heterocycles. The molecule has 0 aliphatic heterocycles. The van der Waals surface area contributed by atoms with Crippen LogP contribution in [0.2, 0.25) is 5.02 Å². The first-order valence-corrected chi connectivity index (χ1v) is 5.81. The molecular weight excluding hydrogens is 286 g/mol. The first-order chi connectivity index (χ1) is 9.49. The molecule has 20 heavy (non-hydrogen) atoms. The van der Waals surface area contributed by atoms with E-state index in [0.29, 0.717) is 0 Å². The number of rotatable bonds is 4. The van der Waals surface area contributed by atoms with Gasteiger partial charge in [-0.05, 0) is 30.3 Å². The molecule has 0 unspecified atom stereocenters. The summed E-state index contributed by atoms with van der Waals surface area (Å²) in [5.41, 5.74) is -0.345. The number of carboxylic acids is 1. The van der Waals surface area contributed by atoms with E-state index in [4.69, 9.17) is 21.4 Å². The van der Waals surface area contributed by atoms with Crippen LogP contribution >= 0.6 is 11.6 Å². The largest absolute Gasteiger partial charge is 0.478 e. The summed E-state index contributed by atoms with van der Waals surface area (Å²) in [6.07, 6.45) is 0. The molecule has 0 aliphatic rings. The highest BCUT2D eigenvalue weighted by Gasteiger charge is 2.20. The molecule has 0 fully saturated rings. The van der Waals surface area contributed by atoms with Crippen molar-refractivity contribution in [2.24, 2.45) is 0 Å². The normalized spacial score (nSPS) is 10.1. The Morgan fingerprint density at radius 2 is 1.95 bits per heavy atom. The van der Waals surface area contributed by atoms with E-state index in [1.165, 1.54) is 42.5 Å². The Labute approximate surface area is 118 Å². The van der Waals surface area contributed by atoms with Gasteiger partial charge in [0.1, 0.15) is 10.8 Å². The summed E-state index contributed by atoms with van der Waals surface area (Å²) in [4.78, 5) is 21.2. The Kier molecular flexibility index (Phi) is 3.86. The van der Waals surface area contributed by atoms with Crippen LogP contribution < -0.4 is 4.74 Å². The van der Waals surface area contributed by atoms with Crippen LogP contribution in [0.4, 0.5) is 5.69 Å². The third kappa shape index (κ3) is 2.86. The molecule has 6 nitrogen and oxygen atoms in total. The number of ether oxygens (including phenoxy) is 1. The van der Waals surface area contributed by atoms with Gasteiger partial charge < -0.3 is 9.84 Å². The molecule has 0 atom stereocenters. The van der Waals surface area contributed by atoms with Gasteiger partial charge >= 0.3 is 11.7 Å². The summed E-state index contributed by atoms with van der Waals surface area (Å²) in [5, 5.41) is 19.8. The van der Waals surface area contributed by atoms with Crippen LogP contribution in [-0.2, 0) is 0 Å². The molecule has 0 saturated heterocycles. The Morgan fingerprint density at radius 1 is 1.25 bits per heavy atom. The van der Waals surface area contributed by atoms with Crippen molar-refractivity contribution in [1.82, 2.24) is 0 Å². The van der Waals surface area contributed by atoms with E-state index in [1.807, 2.05) is 0 Å². The summed E-state index contributed by atoms with van der Waals surface area (Å²) in [6.45, 7) is 0. The van der Waals surface area contributed by atoms with Gasteiger partial charge in [0.25, 0.3) is 0 Å². The standard InChI is InChI=1S/C13H8ClNO5/c14-10-5-2-6-11(12(10)15(18)19)20-9-4-1-3-8(7-9)13(16)17/h1-7H,(H,16,17). The molecule has 0 saturated carbocycles. The minimum absolute atomic E-state index is 0.0205. The van der Waals surface area contributed by atoms with E-state index in [-0.39, 0.29) is 27.8 Å². The number of benzene rings is 2. The number of nitro benzene ring substituents is 1. The van der Waals surface area contributed by atoms with Crippen molar-refractivity contribution < 1.29 is 19.6 Å². The van der Waals surface area contributed by atoms with Crippen LogP contribution in [0.15, 0.2) is 42.5 Å². The molecule has 102 valence electrons. The number of aromatic carboxylic acids is 1. The van der Waals surface area contributed by atoms with Gasteiger partial charge in [-0.1, -0.05) is 23.7 Å². The highest BCUT2D eigenvalue weighted by Crippen LogP contribution is 2.36. The first kappa shape index (κ1) is 13.8. The van der Waals surface area contributed by atoms with Crippen molar-refractivity contribution in [2.75, 3.05) is 0 Å². The maximum Gasteiger partial charge on any atom is 0.335 e. The van der Waals surface area contributed by atoms with Gasteiger partial charge in [0, 0.05) is 0 Å². The van der Waals surface area contributed by atoms with Crippen LogP contribution in [-0.4, -0.2) is 16.0 Å². The Morgan fingerprint density at radius 3 is 2.60 bits per heavy atom. The average molecular weight is 294 g/mol. The zero-order valence-electron chi connectivity index (χ0n) is 9.95. The molecule has 2 aromatic rings. The fourth-order valence-corrected chi connectivity index (χ4v) is 1.81. The second-order valence-electron chi connectivity index (χ2n) is 3.78. The molecule has 0 spiro atoms. The number of carbonyl (C=O) groups is 1. The Hall–Kier alpha value is -2.60. The minimum atomic E-state index is -1.11. The minimum Gasteiger partial charge on any atom is -0.478 e. The number of hydrogen-bond donors (Lipinski definition) is 1. The lowest BCUT2D eigenvalue weighted by Crippen LogP contribution is -1.97. The molecule has 7 heteroatoms. The topological polar surface area (TPSA) is 89.7 Å². The van der Waals surface area contributed by atoms with E-state index in [2.05, 4.69) is 0 Å². The van der Waals surface area contributed by atoms with Crippen molar-refractivity contribution >= 4 is 23.3 Å². The van der Waals surface area contributed by atoms with Gasteiger partial charge in [-0.3, -0.25) is 10.1 Å². The quantitative estimate of drug-likeness (QED) is 0.685. The number of para-hydroxylation sites is 1. The van der Waals surface area contributed by atoms with E-state index in [1.54, 1.807) is 0 Å². The maximum absolute atomic E-state index is 11.0. The molecule has 2 rings (SSSR count).